The Morgan fingerprint density at radius 1 is 1.56 bits per heavy atom. The van der Waals surface area contributed by atoms with Crippen LogP contribution >= 0.6 is 22.9 Å². The van der Waals surface area contributed by atoms with Crippen molar-refractivity contribution in [1.29, 1.82) is 0 Å². The maximum Gasteiger partial charge on any atom is 0.0934 e. The van der Waals surface area contributed by atoms with Crippen molar-refractivity contribution in [3.05, 3.63) is 20.8 Å². The van der Waals surface area contributed by atoms with Gasteiger partial charge in [0.15, 0.2) is 0 Å². The Morgan fingerprint density at radius 3 is 3.17 bits per heavy atom. The molecule has 0 radical (unpaired) electrons. The molecule has 1 unspecified atom stereocenters. The monoisotopic (exact) mass is 288 g/mol. The first kappa shape index (κ1) is 14.3. The predicted octanol–water partition coefficient (Wildman–Crippen LogP) is 2.56. The smallest absolute Gasteiger partial charge is 0.0934 e. The quantitative estimate of drug-likeness (QED) is 0.834. The second-order valence-corrected chi connectivity index (χ2v) is 6.54. The molecule has 1 heterocycles. The van der Waals surface area contributed by atoms with Crippen LogP contribution in [0.1, 0.15) is 22.9 Å². The third kappa shape index (κ3) is 3.68. The molecule has 1 aliphatic carbocycles. The molecule has 0 fully saturated rings. The standard InChI is InChI=1S/C13H21ClN2OS/c1-16(7-8-17-2)6-5-15-11-3-4-12-10(11)9-13(14)18-12/h9,11,15H,3-8H2,1-2H3. The molecule has 1 aliphatic rings. The fraction of sp³-hybridized carbons (Fsp3) is 0.692. The summed E-state index contributed by atoms with van der Waals surface area (Å²) in [6.07, 6.45) is 2.38. The molecule has 0 spiro atoms. The maximum absolute atomic E-state index is 6.05. The highest BCUT2D eigenvalue weighted by molar-refractivity contribution is 7.16. The number of aryl methyl sites for hydroxylation is 1. The van der Waals surface area contributed by atoms with E-state index in [4.69, 9.17) is 16.3 Å². The second kappa shape index (κ2) is 6.87. The Labute approximate surface area is 118 Å². The summed E-state index contributed by atoms with van der Waals surface area (Å²) in [5.41, 5.74) is 1.42. The lowest BCUT2D eigenvalue weighted by Crippen LogP contribution is -2.32. The van der Waals surface area contributed by atoms with Gasteiger partial charge in [-0.05, 0) is 31.5 Å². The molecular weight excluding hydrogens is 268 g/mol. The Bertz CT molecular complexity index is 383. The topological polar surface area (TPSA) is 24.5 Å². The van der Waals surface area contributed by atoms with Gasteiger partial charge in [-0.25, -0.2) is 0 Å². The highest BCUT2D eigenvalue weighted by Gasteiger charge is 2.24. The summed E-state index contributed by atoms with van der Waals surface area (Å²) in [6, 6.07) is 2.63. The number of rotatable bonds is 7. The third-order valence-electron chi connectivity index (χ3n) is 3.41. The summed E-state index contributed by atoms with van der Waals surface area (Å²) in [7, 11) is 3.87. The van der Waals surface area contributed by atoms with Gasteiger partial charge in [-0.3, -0.25) is 0 Å². The zero-order valence-corrected chi connectivity index (χ0v) is 12.6. The van der Waals surface area contributed by atoms with E-state index in [-0.39, 0.29) is 0 Å². The molecule has 1 atom stereocenters. The minimum atomic E-state index is 0.500. The van der Waals surface area contributed by atoms with Gasteiger partial charge in [0.1, 0.15) is 0 Å². The average molecular weight is 289 g/mol. The van der Waals surface area contributed by atoms with E-state index in [0.717, 1.165) is 30.6 Å². The Kier molecular flexibility index (Phi) is 5.45. The summed E-state index contributed by atoms with van der Waals surface area (Å²) in [5.74, 6) is 0. The van der Waals surface area contributed by atoms with Crippen LogP contribution in [-0.2, 0) is 11.2 Å². The van der Waals surface area contributed by atoms with E-state index >= 15 is 0 Å². The van der Waals surface area contributed by atoms with Gasteiger partial charge in [-0.15, -0.1) is 11.3 Å². The van der Waals surface area contributed by atoms with Gasteiger partial charge in [-0.1, -0.05) is 11.6 Å². The first-order valence-corrected chi connectivity index (χ1v) is 7.59. The molecule has 18 heavy (non-hydrogen) atoms. The molecule has 2 rings (SSSR count). The number of nitrogens with one attached hydrogen (secondary N) is 1. The number of halogens is 1. The van der Waals surface area contributed by atoms with Crippen LogP contribution in [-0.4, -0.2) is 45.3 Å². The van der Waals surface area contributed by atoms with E-state index < -0.39 is 0 Å². The largest absolute Gasteiger partial charge is 0.383 e. The number of likely N-dealkylation sites (N-methyl/N-ethyl adjacent to an activating group) is 1. The van der Waals surface area contributed by atoms with Crippen molar-refractivity contribution in [3.8, 4) is 0 Å². The summed E-state index contributed by atoms with van der Waals surface area (Å²) in [6.45, 7) is 3.84. The molecule has 0 amide bonds. The van der Waals surface area contributed by atoms with Crippen LogP contribution < -0.4 is 5.32 Å². The molecule has 1 aromatic rings. The first-order valence-electron chi connectivity index (χ1n) is 6.39. The van der Waals surface area contributed by atoms with E-state index in [9.17, 15) is 0 Å². The predicted molar refractivity (Wildman–Crippen MR) is 77.8 cm³/mol. The highest BCUT2D eigenvalue weighted by atomic mass is 35.5. The number of ether oxygens (including phenoxy) is 1. The van der Waals surface area contributed by atoms with E-state index in [0.29, 0.717) is 6.04 Å². The van der Waals surface area contributed by atoms with Crippen LogP contribution in [0.25, 0.3) is 0 Å². The molecule has 102 valence electrons. The van der Waals surface area contributed by atoms with Crippen molar-refractivity contribution in [2.75, 3.05) is 40.4 Å². The molecule has 0 aliphatic heterocycles. The van der Waals surface area contributed by atoms with Crippen LogP contribution in [0.15, 0.2) is 6.07 Å². The van der Waals surface area contributed by atoms with Gasteiger partial charge in [-0.2, -0.15) is 0 Å². The second-order valence-electron chi connectivity index (χ2n) is 4.77. The number of hydrogen-bond acceptors (Lipinski definition) is 4. The van der Waals surface area contributed by atoms with Crippen LogP contribution in [0.4, 0.5) is 0 Å². The molecule has 1 aromatic heterocycles. The summed E-state index contributed by atoms with van der Waals surface area (Å²) in [5, 5.41) is 3.62. The van der Waals surface area contributed by atoms with E-state index in [1.807, 2.05) is 0 Å². The van der Waals surface area contributed by atoms with Crippen molar-refractivity contribution in [1.82, 2.24) is 10.2 Å². The highest BCUT2D eigenvalue weighted by Crippen LogP contribution is 2.39. The van der Waals surface area contributed by atoms with E-state index in [1.54, 1.807) is 18.4 Å². The number of methoxy groups -OCH3 is 1. The van der Waals surface area contributed by atoms with Crippen molar-refractivity contribution < 1.29 is 4.74 Å². The molecule has 1 N–H and O–H groups in total. The maximum atomic E-state index is 6.05. The van der Waals surface area contributed by atoms with Crippen LogP contribution in [0, 0.1) is 0 Å². The third-order valence-corrected chi connectivity index (χ3v) is 4.75. The summed E-state index contributed by atoms with van der Waals surface area (Å²) in [4.78, 5) is 3.75. The van der Waals surface area contributed by atoms with Crippen LogP contribution in [0.3, 0.4) is 0 Å². The first-order chi connectivity index (χ1) is 8.70. The lowest BCUT2D eigenvalue weighted by molar-refractivity contribution is 0.161. The van der Waals surface area contributed by atoms with E-state index in [1.165, 1.54) is 23.3 Å². The van der Waals surface area contributed by atoms with Crippen molar-refractivity contribution >= 4 is 22.9 Å². The fourth-order valence-corrected chi connectivity index (χ4v) is 3.69. The average Bonchev–Trinajstić information content (AvgIpc) is 2.87. The number of fused-ring (bicyclic) bond motifs is 1. The van der Waals surface area contributed by atoms with Crippen molar-refractivity contribution in [2.45, 2.75) is 18.9 Å². The van der Waals surface area contributed by atoms with Gasteiger partial charge in [0.05, 0.1) is 10.9 Å². The Morgan fingerprint density at radius 2 is 2.39 bits per heavy atom. The molecule has 0 bridgehead atoms. The van der Waals surface area contributed by atoms with Gasteiger partial charge in [0.2, 0.25) is 0 Å². The molecular formula is C13H21ClN2OS. The Hall–Kier alpha value is -0.130. The van der Waals surface area contributed by atoms with Crippen molar-refractivity contribution in [2.24, 2.45) is 0 Å². The minimum Gasteiger partial charge on any atom is -0.383 e. The molecule has 5 heteroatoms. The van der Waals surface area contributed by atoms with Crippen molar-refractivity contribution in [3.63, 3.8) is 0 Å². The van der Waals surface area contributed by atoms with Crippen LogP contribution in [0.5, 0.6) is 0 Å². The summed E-state index contributed by atoms with van der Waals surface area (Å²) >= 11 is 7.78. The van der Waals surface area contributed by atoms with Gasteiger partial charge < -0.3 is 15.0 Å². The normalized spacial score (nSPS) is 18.6. The minimum absolute atomic E-state index is 0.500. The summed E-state index contributed by atoms with van der Waals surface area (Å²) < 4.78 is 5.99. The fourth-order valence-electron chi connectivity index (χ4n) is 2.33. The van der Waals surface area contributed by atoms with Gasteiger partial charge in [0.25, 0.3) is 0 Å². The van der Waals surface area contributed by atoms with Gasteiger partial charge >= 0.3 is 0 Å². The van der Waals surface area contributed by atoms with E-state index in [2.05, 4.69) is 23.3 Å². The molecule has 0 saturated heterocycles. The molecule has 0 saturated carbocycles. The zero-order chi connectivity index (χ0) is 13.0. The lowest BCUT2D eigenvalue weighted by Gasteiger charge is -2.18. The molecule has 3 nitrogen and oxygen atoms in total. The number of thiophene rings is 1. The van der Waals surface area contributed by atoms with Crippen LogP contribution in [0.2, 0.25) is 4.34 Å². The molecule has 0 aromatic carbocycles. The Balaban J connectivity index is 1.72. The number of hydrogen-bond donors (Lipinski definition) is 1. The van der Waals surface area contributed by atoms with Gasteiger partial charge in [0, 0.05) is 37.7 Å². The lowest BCUT2D eigenvalue weighted by atomic mass is 10.2. The zero-order valence-electron chi connectivity index (χ0n) is 11.0. The number of nitrogens with zero attached hydrogens (tertiary/aromatic N) is 1. The SMILES string of the molecule is COCCN(C)CCNC1CCc2sc(Cl)cc21.